The Balaban J connectivity index is 1.44. The number of benzene rings is 2. The lowest BCUT2D eigenvalue weighted by Gasteiger charge is -2.23. The van der Waals surface area contributed by atoms with Crippen LogP contribution in [0.15, 0.2) is 48.5 Å². The van der Waals surface area contributed by atoms with Gasteiger partial charge in [0.1, 0.15) is 0 Å². The van der Waals surface area contributed by atoms with Crippen molar-refractivity contribution in [1.29, 1.82) is 0 Å². The summed E-state index contributed by atoms with van der Waals surface area (Å²) >= 11 is 6.09. The van der Waals surface area contributed by atoms with Gasteiger partial charge in [0.05, 0.1) is 11.7 Å². The van der Waals surface area contributed by atoms with Gasteiger partial charge < -0.3 is 11.1 Å². The summed E-state index contributed by atoms with van der Waals surface area (Å²) in [4.78, 5) is 27.5. The maximum absolute atomic E-state index is 13.6. The van der Waals surface area contributed by atoms with Gasteiger partial charge in [-0.25, -0.2) is 4.68 Å². The van der Waals surface area contributed by atoms with Crippen molar-refractivity contribution in [3.63, 3.8) is 0 Å². The largest absolute Gasteiger partial charge is 0.368 e. The molecule has 1 aromatic heterocycles. The molecule has 35 heavy (non-hydrogen) atoms. The number of hydrogen-bond donors (Lipinski definition) is 2. The van der Waals surface area contributed by atoms with Crippen molar-refractivity contribution in [2.75, 3.05) is 11.9 Å². The molecule has 1 fully saturated rings. The van der Waals surface area contributed by atoms with Crippen molar-refractivity contribution in [2.24, 2.45) is 5.73 Å². The zero-order valence-electron chi connectivity index (χ0n) is 19.7. The summed E-state index contributed by atoms with van der Waals surface area (Å²) in [6, 6.07) is 15.0. The molecular weight excluding hydrogens is 462 g/mol. The van der Waals surface area contributed by atoms with Crippen molar-refractivity contribution in [3.8, 4) is 5.69 Å². The Labute approximate surface area is 210 Å². The van der Waals surface area contributed by atoms with E-state index in [0.29, 0.717) is 17.3 Å². The van der Waals surface area contributed by atoms with Gasteiger partial charge in [0.25, 0.3) is 5.91 Å². The summed E-state index contributed by atoms with van der Waals surface area (Å²) in [7, 11) is 0. The highest BCUT2D eigenvalue weighted by Gasteiger charge is 2.30. The van der Waals surface area contributed by atoms with Crippen molar-refractivity contribution >= 4 is 29.1 Å². The molecule has 3 N–H and O–H groups in total. The number of anilines is 1. The number of nitrogens with two attached hydrogens (primary N) is 1. The third-order valence-electron chi connectivity index (χ3n) is 7.05. The van der Waals surface area contributed by atoms with E-state index in [1.54, 1.807) is 0 Å². The second-order valence-electron chi connectivity index (χ2n) is 9.36. The van der Waals surface area contributed by atoms with E-state index in [4.69, 9.17) is 22.4 Å². The van der Waals surface area contributed by atoms with Crippen LogP contribution < -0.4 is 11.1 Å². The zero-order chi connectivity index (χ0) is 24.4. The second kappa shape index (κ2) is 10.2. The Kier molecular flexibility index (Phi) is 6.88. The van der Waals surface area contributed by atoms with E-state index in [9.17, 15) is 9.59 Å². The molecular formula is C27H30ClN5O2. The predicted octanol–water partition coefficient (Wildman–Crippen LogP) is 4.50. The standard InChI is InChI=1S/C27H30ClN5O2/c28-19-12-14-20(15-13-19)33-23-10-3-1-2-8-21(23)25(31-33)27(35)30-22-9-5-4-7-18(22)17-32-16-6-11-24(32)26(29)34/h4-5,7,9,12-15,24H,1-3,6,8,10-11,16-17H2,(H2,29,34)(H,30,35). The molecule has 8 heteroatoms. The fourth-order valence-electron chi connectivity index (χ4n) is 5.27. The SMILES string of the molecule is NC(=O)C1CCCN1Cc1ccccc1NC(=O)c1nn(-c2ccc(Cl)cc2)c2c1CCCCC2. The molecule has 1 unspecified atom stereocenters. The molecule has 0 saturated carbocycles. The summed E-state index contributed by atoms with van der Waals surface area (Å²) in [6.45, 7) is 1.37. The van der Waals surface area contributed by atoms with Crippen LogP contribution in [0.3, 0.4) is 0 Å². The van der Waals surface area contributed by atoms with Gasteiger partial charge in [-0.05, 0) is 81.0 Å². The molecule has 0 radical (unpaired) electrons. The smallest absolute Gasteiger partial charge is 0.276 e. The van der Waals surface area contributed by atoms with Crippen LogP contribution in [0.1, 0.15) is 59.4 Å². The first kappa shape index (κ1) is 23.6. The monoisotopic (exact) mass is 491 g/mol. The fraction of sp³-hybridized carbons (Fsp3) is 0.370. The number of para-hydroxylation sites is 1. The number of halogens is 1. The van der Waals surface area contributed by atoms with E-state index in [1.165, 1.54) is 0 Å². The molecule has 3 aromatic rings. The van der Waals surface area contributed by atoms with Gasteiger partial charge in [-0.2, -0.15) is 5.10 Å². The number of carbonyl (C=O) groups is 2. The number of likely N-dealkylation sites (tertiary alicyclic amines) is 1. The first-order valence-corrected chi connectivity index (χ1v) is 12.7. The molecule has 5 rings (SSSR count). The highest BCUT2D eigenvalue weighted by molar-refractivity contribution is 6.30. The highest BCUT2D eigenvalue weighted by Crippen LogP contribution is 2.29. The third-order valence-corrected chi connectivity index (χ3v) is 7.30. The quantitative estimate of drug-likeness (QED) is 0.496. The van der Waals surface area contributed by atoms with E-state index in [0.717, 1.165) is 79.7 Å². The van der Waals surface area contributed by atoms with Crippen molar-refractivity contribution < 1.29 is 9.59 Å². The molecule has 1 atom stereocenters. The molecule has 0 spiro atoms. The lowest BCUT2D eigenvalue weighted by atomic mass is 10.1. The van der Waals surface area contributed by atoms with Gasteiger partial charge in [0.2, 0.25) is 5.91 Å². The van der Waals surface area contributed by atoms with Crippen LogP contribution in [0.25, 0.3) is 5.69 Å². The van der Waals surface area contributed by atoms with Gasteiger partial charge in [-0.1, -0.05) is 36.2 Å². The zero-order valence-corrected chi connectivity index (χ0v) is 20.4. The summed E-state index contributed by atoms with van der Waals surface area (Å²) in [6.07, 6.45) is 6.69. The van der Waals surface area contributed by atoms with Crippen molar-refractivity contribution in [3.05, 3.63) is 76.1 Å². The van der Waals surface area contributed by atoms with Crippen molar-refractivity contribution in [2.45, 2.75) is 57.5 Å². The average molecular weight is 492 g/mol. The summed E-state index contributed by atoms with van der Waals surface area (Å²) in [5.41, 5.74) is 10.8. The number of nitrogens with zero attached hydrogens (tertiary/aromatic N) is 3. The fourth-order valence-corrected chi connectivity index (χ4v) is 5.40. The molecule has 2 amide bonds. The lowest BCUT2D eigenvalue weighted by Crippen LogP contribution is -2.39. The molecule has 1 aliphatic heterocycles. The molecule has 2 heterocycles. The van der Waals surface area contributed by atoms with Crippen LogP contribution in [0.2, 0.25) is 5.02 Å². The van der Waals surface area contributed by atoms with Crippen LogP contribution in [0, 0.1) is 0 Å². The third kappa shape index (κ3) is 4.97. The van der Waals surface area contributed by atoms with Crippen LogP contribution in [-0.4, -0.2) is 39.1 Å². The Morgan fingerprint density at radius 3 is 2.60 bits per heavy atom. The van der Waals surface area contributed by atoms with Crippen LogP contribution in [-0.2, 0) is 24.2 Å². The first-order chi connectivity index (χ1) is 17.0. The van der Waals surface area contributed by atoms with Crippen molar-refractivity contribution in [1.82, 2.24) is 14.7 Å². The van der Waals surface area contributed by atoms with E-state index >= 15 is 0 Å². The molecule has 1 saturated heterocycles. The minimum atomic E-state index is -0.292. The van der Waals surface area contributed by atoms with E-state index in [2.05, 4.69) is 10.2 Å². The molecule has 2 aromatic carbocycles. The van der Waals surface area contributed by atoms with E-state index < -0.39 is 0 Å². The topological polar surface area (TPSA) is 93.2 Å². The number of aromatic nitrogens is 2. The Morgan fingerprint density at radius 1 is 1.03 bits per heavy atom. The molecule has 7 nitrogen and oxygen atoms in total. The molecule has 0 bridgehead atoms. The van der Waals surface area contributed by atoms with Crippen LogP contribution >= 0.6 is 11.6 Å². The highest BCUT2D eigenvalue weighted by atomic mass is 35.5. The molecule has 182 valence electrons. The number of hydrogen-bond acceptors (Lipinski definition) is 4. The Morgan fingerprint density at radius 2 is 1.80 bits per heavy atom. The maximum atomic E-state index is 13.6. The van der Waals surface area contributed by atoms with Gasteiger partial charge in [-0.3, -0.25) is 14.5 Å². The van der Waals surface area contributed by atoms with Gasteiger partial charge >= 0.3 is 0 Å². The normalized spacial score (nSPS) is 18.1. The first-order valence-electron chi connectivity index (χ1n) is 12.3. The molecule has 1 aliphatic carbocycles. The van der Waals surface area contributed by atoms with Gasteiger partial charge in [-0.15, -0.1) is 0 Å². The predicted molar refractivity (Wildman–Crippen MR) is 137 cm³/mol. The summed E-state index contributed by atoms with van der Waals surface area (Å²) < 4.78 is 1.90. The number of rotatable bonds is 6. The number of fused-ring (bicyclic) bond motifs is 1. The average Bonchev–Trinajstić information content (AvgIpc) is 3.38. The van der Waals surface area contributed by atoms with Crippen LogP contribution in [0.5, 0.6) is 0 Å². The van der Waals surface area contributed by atoms with E-state index in [1.807, 2.05) is 53.2 Å². The van der Waals surface area contributed by atoms with E-state index in [-0.39, 0.29) is 17.9 Å². The Hall–Kier alpha value is -3.16. The number of carbonyl (C=O) groups excluding carboxylic acids is 2. The lowest BCUT2D eigenvalue weighted by molar-refractivity contribution is -0.122. The van der Waals surface area contributed by atoms with Gasteiger partial charge in [0.15, 0.2) is 5.69 Å². The second-order valence-corrected chi connectivity index (χ2v) is 9.80. The molecule has 2 aliphatic rings. The minimum Gasteiger partial charge on any atom is -0.368 e. The summed E-state index contributed by atoms with van der Waals surface area (Å²) in [5, 5.41) is 8.56. The maximum Gasteiger partial charge on any atom is 0.276 e. The van der Waals surface area contributed by atoms with Crippen LogP contribution in [0.4, 0.5) is 5.69 Å². The summed E-state index contributed by atoms with van der Waals surface area (Å²) in [5.74, 6) is -0.504. The minimum absolute atomic E-state index is 0.212. The number of nitrogens with one attached hydrogen (secondary N) is 1. The Bertz CT molecular complexity index is 1240. The number of primary amides is 1. The van der Waals surface area contributed by atoms with Gasteiger partial charge in [0, 0.05) is 28.5 Å². The number of amides is 2.